The van der Waals surface area contributed by atoms with Gasteiger partial charge >= 0.3 is 0 Å². The monoisotopic (exact) mass is 210 g/mol. The van der Waals surface area contributed by atoms with Crippen molar-refractivity contribution in [3.63, 3.8) is 0 Å². The molecular weight excluding hydrogens is 184 g/mol. The van der Waals surface area contributed by atoms with Gasteiger partial charge in [-0.25, -0.2) is 0 Å². The Balaban J connectivity index is 3.68. The molecule has 0 rings (SSSR count). The zero-order chi connectivity index (χ0) is 11.7. The summed E-state index contributed by atoms with van der Waals surface area (Å²) in [5.74, 6) is 0. The van der Waals surface area contributed by atoms with E-state index in [0.29, 0.717) is 0 Å². The van der Waals surface area contributed by atoms with Crippen LogP contribution in [0.3, 0.4) is 0 Å². The molecule has 0 saturated carbocycles. The lowest BCUT2D eigenvalue weighted by molar-refractivity contribution is 0.186. The first-order valence-corrected chi connectivity index (χ1v) is 6.05. The van der Waals surface area contributed by atoms with Crippen LogP contribution in [0.1, 0.15) is 59.8 Å². The van der Waals surface area contributed by atoms with Crippen LogP contribution in [0, 0.1) is 0 Å². The first kappa shape index (κ1) is 14.4. The van der Waals surface area contributed by atoms with Crippen LogP contribution in [0.25, 0.3) is 0 Å². The molecule has 0 aliphatic rings. The minimum absolute atomic E-state index is 0.170. The van der Waals surface area contributed by atoms with Gasteiger partial charge in [0.1, 0.15) is 0 Å². The number of allylic oxidation sites excluding steroid dienone is 4. The predicted molar refractivity (Wildman–Crippen MR) is 68.0 cm³/mol. The standard InChI is InChI=1S/C14H26O/c1-5-12(2)8-6-9-13(3)10-7-11-14(4)15/h8,10,14-15H,5-7,9,11H2,1-4H3/b12-8+,13-10+. The van der Waals surface area contributed by atoms with Crippen molar-refractivity contribution in [2.24, 2.45) is 0 Å². The zero-order valence-electron chi connectivity index (χ0n) is 10.7. The smallest absolute Gasteiger partial charge is 0.0515 e. The summed E-state index contributed by atoms with van der Waals surface area (Å²) >= 11 is 0. The van der Waals surface area contributed by atoms with Gasteiger partial charge in [0.25, 0.3) is 0 Å². The number of hydrogen-bond donors (Lipinski definition) is 1. The Morgan fingerprint density at radius 2 is 1.73 bits per heavy atom. The Morgan fingerprint density at radius 1 is 1.13 bits per heavy atom. The molecule has 1 nitrogen and oxygen atoms in total. The van der Waals surface area contributed by atoms with Crippen LogP contribution in [0.5, 0.6) is 0 Å². The van der Waals surface area contributed by atoms with E-state index in [1.165, 1.54) is 11.1 Å². The van der Waals surface area contributed by atoms with Gasteiger partial charge in [-0.3, -0.25) is 0 Å². The Bertz CT molecular complexity index is 211. The van der Waals surface area contributed by atoms with Crippen molar-refractivity contribution in [2.45, 2.75) is 65.9 Å². The van der Waals surface area contributed by atoms with Gasteiger partial charge in [0, 0.05) is 0 Å². The fourth-order valence-corrected chi connectivity index (χ4v) is 1.36. The van der Waals surface area contributed by atoms with Gasteiger partial charge in [0.05, 0.1) is 6.10 Å². The SMILES string of the molecule is CC/C(C)=C/CC/C(C)=C/CCC(C)O. The highest BCUT2D eigenvalue weighted by atomic mass is 16.3. The Morgan fingerprint density at radius 3 is 2.27 bits per heavy atom. The average Bonchev–Trinajstić information content (AvgIpc) is 2.17. The summed E-state index contributed by atoms with van der Waals surface area (Å²) in [5, 5.41) is 9.11. The van der Waals surface area contributed by atoms with Crippen molar-refractivity contribution in [3.05, 3.63) is 23.3 Å². The second kappa shape index (κ2) is 8.72. The van der Waals surface area contributed by atoms with E-state index >= 15 is 0 Å². The van der Waals surface area contributed by atoms with Gasteiger partial charge in [-0.15, -0.1) is 0 Å². The minimum Gasteiger partial charge on any atom is -0.393 e. The quantitative estimate of drug-likeness (QED) is 0.623. The van der Waals surface area contributed by atoms with E-state index in [4.69, 9.17) is 5.11 Å². The fraction of sp³-hybridized carbons (Fsp3) is 0.714. The molecule has 0 aromatic rings. The Kier molecular flexibility index (Phi) is 8.40. The molecule has 1 unspecified atom stereocenters. The number of rotatable bonds is 7. The molecule has 0 spiro atoms. The van der Waals surface area contributed by atoms with E-state index in [0.717, 1.165) is 32.1 Å². The molecule has 88 valence electrons. The van der Waals surface area contributed by atoms with Crippen molar-refractivity contribution < 1.29 is 5.11 Å². The molecule has 0 aromatic heterocycles. The summed E-state index contributed by atoms with van der Waals surface area (Å²) in [6.45, 7) is 8.40. The van der Waals surface area contributed by atoms with Crippen LogP contribution >= 0.6 is 0 Å². The molecule has 0 radical (unpaired) electrons. The molecular formula is C14H26O. The lowest BCUT2D eigenvalue weighted by Crippen LogP contribution is -1.97. The van der Waals surface area contributed by atoms with E-state index in [1.807, 2.05) is 6.92 Å². The van der Waals surface area contributed by atoms with Crippen LogP contribution in [0.4, 0.5) is 0 Å². The molecule has 1 N–H and O–H groups in total. The fourth-order valence-electron chi connectivity index (χ4n) is 1.36. The lowest BCUT2D eigenvalue weighted by atomic mass is 10.1. The summed E-state index contributed by atoms with van der Waals surface area (Å²) in [4.78, 5) is 0. The summed E-state index contributed by atoms with van der Waals surface area (Å²) in [7, 11) is 0. The van der Waals surface area contributed by atoms with Crippen LogP contribution in [0.2, 0.25) is 0 Å². The molecule has 1 heteroatoms. The topological polar surface area (TPSA) is 20.2 Å². The Labute approximate surface area is 94.9 Å². The number of aliphatic hydroxyl groups is 1. The van der Waals surface area contributed by atoms with E-state index in [1.54, 1.807) is 0 Å². The minimum atomic E-state index is -0.170. The summed E-state index contributed by atoms with van der Waals surface area (Å²) in [6.07, 6.45) is 9.74. The van der Waals surface area contributed by atoms with Gasteiger partial charge in [-0.2, -0.15) is 0 Å². The molecule has 0 aliphatic heterocycles. The largest absolute Gasteiger partial charge is 0.393 e. The third-order valence-corrected chi connectivity index (χ3v) is 2.67. The molecule has 0 heterocycles. The van der Waals surface area contributed by atoms with E-state index in [9.17, 15) is 0 Å². The molecule has 0 saturated heterocycles. The first-order valence-electron chi connectivity index (χ1n) is 6.05. The van der Waals surface area contributed by atoms with Gasteiger partial charge in [0.15, 0.2) is 0 Å². The average molecular weight is 210 g/mol. The number of aliphatic hydroxyl groups excluding tert-OH is 1. The molecule has 0 fully saturated rings. The third kappa shape index (κ3) is 9.74. The van der Waals surface area contributed by atoms with Crippen LogP contribution < -0.4 is 0 Å². The van der Waals surface area contributed by atoms with Gasteiger partial charge in [-0.1, -0.05) is 30.2 Å². The van der Waals surface area contributed by atoms with E-state index in [-0.39, 0.29) is 6.10 Å². The van der Waals surface area contributed by atoms with Crippen molar-refractivity contribution in [1.82, 2.24) is 0 Å². The van der Waals surface area contributed by atoms with Crippen molar-refractivity contribution in [2.75, 3.05) is 0 Å². The van der Waals surface area contributed by atoms with Gasteiger partial charge < -0.3 is 5.11 Å². The van der Waals surface area contributed by atoms with Crippen LogP contribution in [-0.2, 0) is 0 Å². The molecule has 0 aliphatic carbocycles. The zero-order valence-corrected chi connectivity index (χ0v) is 10.7. The van der Waals surface area contributed by atoms with Crippen molar-refractivity contribution in [3.8, 4) is 0 Å². The van der Waals surface area contributed by atoms with Crippen LogP contribution in [-0.4, -0.2) is 11.2 Å². The maximum atomic E-state index is 9.11. The summed E-state index contributed by atoms with van der Waals surface area (Å²) in [6, 6.07) is 0. The number of hydrogen-bond acceptors (Lipinski definition) is 1. The Hall–Kier alpha value is -0.560. The molecule has 1 atom stereocenters. The maximum Gasteiger partial charge on any atom is 0.0515 e. The maximum absolute atomic E-state index is 9.11. The van der Waals surface area contributed by atoms with Gasteiger partial charge in [0.2, 0.25) is 0 Å². The summed E-state index contributed by atoms with van der Waals surface area (Å²) in [5.41, 5.74) is 2.92. The van der Waals surface area contributed by atoms with Crippen LogP contribution in [0.15, 0.2) is 23.3 Å². The molecule has 15 heavy (non-hydrogen) atoms. The second-order valence-corrected chi connectivity index (χ2v) is 4.42. The molecule has 0 amide bonds. The van der Waals surface area contributed by atoms with E-state index < -0.39 is 0 Å². The predicted octanol–water partition coefficient (Wildman–Crippen LogP) is 4.23. The van der Waals surface area contributed by atoms with Crippen molar-refractivity contribution in [1.29, 1.82) is 0 Å². The second-order valence-electron chi connectivity index (χ2n) is 4.42. The van der Waals surface area contributed by atoms with Crippen molar-refractivity contribution >= 4 is 0 Å². The molecule has 0 aromatic carbocycles. The highest BCUT2D eigenvalue weighted by Gasteiger charge is 1.94. The molecule has 0 bridgehead atoms. The first-order chi connectivity index (χ1) is 7.06. The van der Waals surface area contributed by atoms with E-state index in [2.05, 4.69) is 32.9 Å². The lowest BCUT2D eigenvalue weighted by Gasteiger charge is -2.02. The third-order valence-electron chi connectivity index (χ3n) is 2.67. The highest BCUT2D eigenvalue weighted by molar-refractivity contribution is 5.03. The van der Waals surface area contributed by atoms with Gasteiger partial charge in [-0.05, 0) is 52.9 Å². The summed E-state index contributed by atoms with van der Waals surface area (Å²) < 4.78 is 0. The normalized spacial score (nSPS) is 15.5. The highest BCUT2D eigenvalue weighted by Crippen LogP contribution is 2.10.